The number of fused-ring (bicyclic) bond motifs is 2. The number of hydrogen-bond acceptors (Lipinski definition) is 3. The molecule has 25 heavy (non-hydrogen) atoms. The number of nitrogens with zero attached hydrogens (tertiary/aromatic N) is 1. The fourth-order valence-corrected chi connectivity index (χ4v) is 6.73. The number of benzene rings is 2. The molecular formula is C18H7I4NO2. The number of rotatable bonds is 1. The van der Waals surface area contributed by atoms with E-state index in [1.807, 2.05) is 30.3 Å². The molecule has 7 heteroatoms. The van der Waals surface area contributed by atoms with Gasteiger partial charge in [-0.25, -0.2) is 0 Å². The molecule has 0 radical (unpaired) electrons. The molecule has 0 bridgehead atoms. The van der Waals surface area contributed by atoms with E-state index in [1.165, 1.54) is 0 Å². The Labute approximate surface area is 198 Å². The summed E-state index contributed by atoms with van der Waals surface area (Å²) in [4.78, 5) is 30.8. The van der Waals surface area contributed by atoms with Crippen LogP contribution in [0.1, 0.15) is 32.3 Å². The van der Waals surface area contributed by atoms with Gasteiger partial charge in [0.15, 0.2) is 11.6 Å². The number of carbonyl (C=O) groups excluding carboxylic acids is 2. The zero-order valence-corrected chi connectivity index (χ0v) is 20.9. The molecule has 0 fully saturated rings. The molecular weight excluding hydrogens is 770 g/mol. The van der Waals surface area contributed by atoms with Crippen LogP contribution < -0.4 is 0 Å². The quantitative estimate of drug-likeness (QED) is 0.136. The van der Waals surface area contributed by atoms with Gasteiger partial charge in [-0.1, -0.05) is 24.3 Å². The molecule has 0 spiro atoms. The minimum atomic E-state index is -0.837. The summed E-state index contributed by atoms with van der Waals surface area (Å²) in [5, 5.41) is 0.995. The third-order valence-corrected chi connectivity index (χ3v) is 11.6. The van der Waals surface area contributed by atoms with Crippen molar-refractivity contribution in [1.82, 2.24) is 4.98 Å². The SMILES string of the molecule is O=C1c2c(I)c(I)c(I)c(I)c2C(=O)C1c1ccc2ccccc2n1. The summed E-state index contributed by atoms with van der Waals surface area (Å²) in [5.41, 5.74) is 2.44. The lowest BCUT2D eigenvalue weighted by Gasteiger charge is -2.08. The predicted octanol–water partition coefficient (Wildman–Crippen LogP) is 5.82. The number of ketones is 2. The molecule has 0 aliphatic heterocycles. The maximum atomic E-state index is 13.1. The van der Waals surface area contributed by atoms with E-state index < -0.39 is 5.92 Å². The van der Waals surface area contributed by atoms with Gasteiger partial charge in [-0.3, -0.25) is 14.6 Å². The molecule has 3 nitrogen and oxygen atoms in total. The van der Waals surface area contributed by atoms with Gasteiger partial charge in [0.1, 0.15) is 5.92 Å². The molecule has 0 N–H and O–H groups in total. The maximum absolute atomic E-state index is 13.1. The lowest BCUT2D eigenvalue weighted by molar-refractivity contribution is 0.0887. The van der Waals surface area contributed by atoms with E-state index in [1.54, 1.807) is 6.07 Å². The van der Waals surface area contributed by atoms with Crippen LogP contribution >= 0.6 is 90.4 Å². The third kappa shape index (κ3) is 2.87. The highest BCUT2D eigenvalue weighted by Gasteiger charge is 2.44. The second kappa shape index (κ2) is 6.93. The summed E-state index contributed by atoms with van der Waals surface area (Å²) in [6, 6.07) is 11.4. The normalized spacial score (nSPS) is 14.4. The molecule has 1 heterocycles. The van der Waals surface area contributed by atoms with Gasteiger partial charge < -0.3 is 0 Å². The number of carbonyl (C=O) groups is 2. The lowest BCUT2D eigenvalue weighted by atomic mass is 9.98. The summed E-state index contributed by atoms with van der Waals surface area (Å²) < 4.78 is 3.77. The van der Waals surface area contributed by atoms with Crippen LogP contribution in [0.5, 0.6) is 0 Å². The van der Waals surface area contributed by atoms with Crippen LogP contribution in [-0.2, 0) is 0 Å². The Hall–Kier alpha value is 0.110. The van der Waals surface area contributed by atoms with Crippen molar-refractivity contribution in [2.24, 2.45) is 0 Å². The summed E-state index contributed by atoms with van der Waals surface area (Å²) in [5.74, 6) is -1.12. The Morgan fingerprint density at radius 2 is 1.28 bits per heavy atom. The molecule has 0 saturated carbocycles. The van der Waals surface area contributed by atoms with E-state index in [2.05, 4.69) is 95.3 Å². The summed E-state index contributed by atoms with van der Waals surface area (Å²) >= 11 is 8.82. The van der Waals surface area contributed by atoms with Crippen LogP contribution in [-0.4, -0.2) is 16.6 Å². The highest BCUT2D eigenvalue weighted by Crippen LogP contribution is 2.42. The molecule has 2 aromatic carbocycles. The number of para-hydroxylation sites is 1. The minimum absolute atomic E-state index is 0.139. The van der Waals surface area contributed by atoms with Gasteiger partial charge in [0.25, 0.3) is 0 Å². The summed E-state index contributed by atoms with van der Waals surface area (Å²) in [6.07, 6.45) is 0. The van der Waals surface area contributed by atoms with E-state index in [4.69, 9.17) is 0 Å². The molecule has 0 atom stereocenters. The third-order valence-electron chi connectivity index (χ3n) is 4.20. The van der Waals surface area contributed by atoms with Crippen molar-refractivity contribution >= 4 is 113 Å². The first-order valence-electron chi connectivity index (χ1n) is 7.22. The number of Topliss-reactive ketones (excluding diaryl/α,β-unsaturated/α-hetero) is 2. The molecule has 0 saturated heterocycles. The van der Waals surface area contributed by atoms with Gasteiger partial charge in [0, 0.05) is 30.8 Å². The van der Waals surface area contributed by atoms with Crippen molar-refractivity contribution in [2.75, 3.05) is 0 Å². The van der Waals surface area contributed by atoms with Crippen LogP contribution in [0.3, 0.4) is 0 Å². The first kappa shape index (κ1) is 18.5. The molecule has 1 aliphatic carbocycles. The van der Waals surface area contributed by atoms with Gasteiger partial charge in [-0.15, -0.1) is 0 Å². The summed E-state index contributed by atoms with van der Waals surface area (Å²) in [6.45, 7) is 0. The van der Waals surface area contributed by atoms with Crippen molar-refractivity contribution in [2.45, 2.75) is 5.92 Å². The van der Waals surface area contributed by atoms with Crippen molar-refractivity contribution in [3.05, 3.63) is 67.5 Å². The van der Waals surface area contributed by atoms with E-state index in [-0.39, 0.29) is 11.6 Å². The Kier molecular flexibility index (Phi) is 5.12. The molecule has 4 rings (SSSR count). The van der Waals surface area contributed by atoms with E-state index in [0.717, 1.165) is 25.2 Å². The van der Waals surface area contributed by atoms with Crippen molar-refractivity contribution in [3.63, 3.8) is 0 Å². The molecule has 1 aromatic heterocycles. The molecule has 3 aromatic rings. The molecule has 124 valence electrons. The van der Waals surface area contributed by atoms with E-state index in [0.29, 0.717) is 16.8 Å². The number of aromatic nitrogens is 1. The summed E-state index contributed by atoms with van der Waals surface area (Å²) in [7, 11) is 0. The number of hydrogen-bond donors (Lipinski definition) is 0. The zero-order valence-electron chi connectivity index (χ0n) is 12.3. The fourth-order valence-electron chi connectivity index (χ4n) is 3.01. The van der Waals surface area contributed by atoms with Crippen LogP contribution in [0.2, 0.25) is 0 Å². The van der Waals surface area contributed by atoms with Crippen molar-refractivity contribution in [1.29, 1.82) is 0 Å². The minimum Gasteiger partial charge on any atom is -0.293 e. The first-order valence-corrected chi connectivity index (χ1v) is 11.5. The maximum Gasteiger partial charge on any atom is 0.181 e. The second-order valence-electron chi connectivity index (χ2n) is 5.60. The zero-order chi connectivity index (χ0) is 17.9. The standard InChI is InChI=1S/C18H7I4NO2/c19-13-11-12(14(20)16(22)15(13)21)18(25)10(17(11)24)9-6-5-7-3-1-2-4-8(7)23-9/h1-6,10H. The Balaban J connectivity index is 1.93. The molecule has 1 aliphatic rings. The van der Waals surface area contributed by atoms with Crippen molar-refractivity contribution < 1.29 is 9.59 Å². The van der Waals surface area contributed by atoms with E-state index >= 15 is 0 Å². The number of halogens is 4. The highest BCUT2D eigenvalue weighted by atomic mass is 127. The average Bonchev–Trinajstić information content (AvgIpc) is 2.88. The Morgan fingerprint density at radius 3 is 1.88 bits per heavy atom. The monoisotopic (exact) mass is 777 g/mol. The van der Waals surface area contributed by atoms with Gasteiger partial charge >= 0.3 is 0 Å². The van der Waals surface area contributed by atoms with E-state index in [9.17, 15) is 9.59 Å². The fraction of sp³-hybridized carbons (Fsp3) is 0.0556. The van der Waals surface area contributed by atoms with Crippen LogP contribution in [0.4, 0.5) is 0 Å². The first-order chi connectivity index (χ1) is 11.9. The highest BCUT2D eigenvalue weighted by molar-refractivity contribution is 14.1. The lowest BCUT2D eigenvalue weighted by Crippen LogP contribution is -2.14. The average molecular weight is 777 g/mol. The van der Waals surface area contributed by atoms with Crippen LogP contribution in [0.15, 0.2) is 36.4 Å². The van der Waals surface area contributed by atoms with Crippen LogP contribution in [0, 0.1) is 14.3 Å². The molecule has 0 unspecified atom stereocenters. The second-order valence-corrected chi connectivity index (χ2v) is 9.91. The van der Waals surface area contributed by atoms with Gasteiger partial charge in [0.05, 0.1) is 11.2 Å². The topological polar surface area (TPSA) is 47.0 Å². The van der Waals surface area contributed by atoms with Gasteiger partial charge in [-0.2, -0.15) is 0 Å². The van der Waals surface area contributed by atoms with Crippen molar-refractivity contribution in [3.8, 4) is 0 Å². The predicted molar refractivity (Wildman–Crippen MR) is 130 cm³/mol. The van der Waals surface area contributed by atoms with Gasteiger partial charge in [0.2, 0.25) is 0 Å². The molecule has 0 amide bonds. The van der Waals surface area contributed by atoms with Gasteiger partial charge in [-0.05, 0) is 102 Å². The smallest absolute Gasteiger partial charge is 0.181 e. The Morgan fingerprint density at radius 1 is 0.720 bits per heavy atom. The van der Waals surface area contributed by atoms with Crippen LogP contribution in [0.25, 0.3) is 10.9 Å². The number of pyridine rings is 1. The largest absolute Gasteiger partial charge is 0.293 e. The Bertz CT molecular complexity index is 1050.